The SMILES string of the molecule is CCOc1cc(C2/C(=C(\O)c3ccc4c(c3)N(C)CCO4)C(=O)C(=O)N2c2cccc(Cl)c2)ccc1OC. The molecule has 3 aromatic rings. The van der Waals surface area contributed by atoms with Gasteiger partial charge in [-0.15, -0.1) is 0 Å². The Bertz CT molecular complexity index is 1450. The number of nitrogens with zero attached hydrogens (tertiary/aromatic N) is 2. The van der Waals surface area contributed by atoms with E-state index in [-0.39, 0.29) is 11.3 Å². The summed E-state index contributed by atoms with van der Waals surface area (Å²) in [5.74, 6) is -0.212. The summed E-state index contributed by atoms with van der Waals surface area (Å²) in [7, 11) is 3.46. The smallest absolute Gasteiger partial charge is 0.300 e. The fourth-order valence-corrected chi connectivity index (χ4v) is 5.01. The number of ether oxygens (including phenoxy) is 3. The first kappa shape index (κ1) is 25.5. The average Bonchev–Trinajstić information content (AvgIpc) is 3.18. The summed E-state index contributed by atoms with van der Waals surface area (Å²) in [5.41, 5.74) is 2.13. The van der Waals surface area contributed by atoms with Crippen molar-refractivity contribution < 1.29 is 28.9 Å². The van der Waals surface area contributed by atoms with Crippen LogP contribution in [0.5, 0.6) is 17.2 Å². The minimum atomic E-state index is -0.941. The van der Waals surface area contributed by atoms with Gasteiger partial charge in [0.05, 0.1) is 37.6 Å². The van der Waals surface area contributed by atoms with Crippen LogP contribution in [0.15, 0.2) is 66.2 Å². The molecule has 2 aliphatic rings. The summed E-state index contributed by atoms with van der Waals surface area (Å²) in [6, 6.07) is 16.1. The molecule has 0 bridgehead atoms. The van der Waals surface area contributed by atoms with Gasteiger partial charge in [0.15, 0.2) is 11.5 Å². The number of carbonyl (C=O) groups is 2. The van der Waals surface area contributed by atoms with Gasteiger partial charge in [-0.05, 0) is 61.0 Å². The number of halogens is 1. The number of anilines is 2. The van der Waals surface area contributed by atoms with Gasteiger partial charge in [-0.1, -0.05) is 23.7 Å². The van der Waals surface area contributed by atoms with Crippen LogP contribution in [-0.2, 0) is 9.59 Å². The lowest BCUT2D eigenvalue weighted by Crippen LogP contribution is -2.29. The Labute approximate surface area is 225 Å². The van der Waals surface area contributed by atoms with Crippen molar-refractivity contribution in [1.29, 1.82) is 0 Å². The second-order valence-corrected chi connectivity index (χ2v) is 9.38. The van der Waals surface area contributed by atoms with Crippen LogP contribution in [0.25, 0.3) is 5.76 Å². The first-order valence-corrected chi connectivity index (χ1v) is 12.6. The molecule has 5 rings (SSSR count). The molecule has 2 heterocycles. The van der Waals surface area contributed by atoms with Gasteiger partial charge in [-0.3, -0.25) is 14.5 Å². The lowest BCUT2D eigenvalue weighted by molar-refractivity contribution is -0.132. The maximum atomic E-state index is 13.5. The molecule has 0 spiro atoms. The number of aliphatic hydroxyl groups is 1. The molecule has 9 heteroatoms. The Kier molecular flexibility index (Phi) is 6.91. The van der Waals surface area contributed by atoms with Gasteiger partial charge in [0, 0.05) is 23.3 Å². The van der Waals surface area contributed by atoms with Crippen molar-refractivity contribution in [2.75, 3.05) is 43.7 Å². The van der Waals surface area contributed by atoms with E-state index in [1.807, 2.05) is 18.9 Å². The normalized spacial score (nSPS) is 18.3. The second-order valence-electron chi connectivity index (χ2n) is 8.94. The van der Waals surface area contributed by atoms with E-state index in [1.165, 1.54) is 12.0 Å². The van der Waals surface area contributed by atoms with E-state index < -0.39 is 17.7 Å². The summed E-state index contributed by atoms with van der Waals surface area (Å²) in [6.07, 6.45) is 0. The summed E-state index contributed by atoms with van der Waals surface area (Å²) >= 11 is 6.25. The van der Waals surface area contributed by atoms with Crippen LogP contribution >= 0.6 is 11.6 Å². The number of methoxy groups -OCH3 is 1. The zero-order valence-corrected chi connectivity index (χ0v) is 22.0. The quantitative estimate of drug-likeness (QED) is 0.264. The molecule has 0 radical (unpaired) electrons. The van der Waals surface area contributed by atoms with E-state index >= 15 is 0 Å². The number of hydrogen-bond acceptors (Lipinski definition) is 7. The fraction of sp³-hybridized carbons (Fsp3) is 0.241. The number of ketones is 1. The molecule has 2 aliphatic heterocycles. The predicted octanol–water partition coefficient (Wildman–Crippen LogP) is 5.20. The molecule has 196 valence electrons. The molecular weight excluding hydrogens is 508 g/mol. The number of Topliss-reactive ketones (excluding diaryl/α,β-unsaturated/α-hetero) is 1. The minimum Gasteiger partial charge on any atom is -0.507 e. The van der Waals surface area contributed by atoms with Gasteiger partial charge in [-0.2, -0.15) is 0 Å². The number of hydrogen-bond donors (Lipinski definition) is 1. The predicted molar refractivity (Wildman–Crippen MR) is 146 cm³/mol. The molecule has 1 atom stereocenters. The van der Waals surface area contributed by atoms with Crippen molar-refractivity contribution in [1.82, 2.24) is 0 Å². The van der Waals surface area contributed by atoms with E-state index in [4.69, 9.17) is 25.8 Å². The Morgan fingerprint density at radius 3 is 2.66 bits per heavy atom. The number of fused-ring (bicyclic) bond motifs is 1. The number of carbonyl (C=O) groups excluding carboxylic acids is 2. The second kappa shape index (κ2) is 10.3. The van der Waals surface area contributed by atoms with E-state index in [2.05, 4.69) is 0 Å². The maximum Gasteiger partial charge on any atom is 0.300 e. The number of aliphatic hydroxyl groups excluding tert-OH is 1. The van der Waals surface area contributed by atoms with Crippen molar-refractivity contribution in [2.45, 2.75) is 13.0 Å². The lowest BCUT2D eigenvalue weighted by atomic mass is 9.94. The molecule has 1 N–H and O–H groups in total. The van der Waals surface area contributed by atoms with E-state index in [9.17, 15) is 14.7 Å². The Hall–Kier alpha value is -4.17. The molecule has 1 unspecified atom stereocenters. The molecule has 0 aliphatic carbocycles. The summed E-state index contributed by atoms with van der Waals surface area (Å²) < 4.78 is 16.9. The highest BCUT2D eigenvalue weighted by atomic mass is 35.5. The monoisotopic (exact) mass is 534 g/mol. The van der Waals surface area contributed by atoms with Gasteiger partial charge in [0.2, 0.25) is 0 Å². The van der Waals surface area contributed by atoms with Crippen molar-refractivity contribution in [2.24, 2.45) is 0 Å². The van der Waals surface area contributed by atoms with Gasteiger partial charge >= 0.3 is 0 Å². The summed E-state index contributed by atoms with van der Waals surface area (Å²) in [6.45, 7) is 3.47. The van der Waals surface area contributed by atoms with Crippen LogP contribution in [0.4, 0.5) is 11.4 Å². The number of benzene rings is 3. The zero-order valence-electron chi connectivity index (χ0n) is 21.2. The van der Waals surface area contributed by atoms with E-state index in [0.29, 0.717) is 58.8 Å². The molecule has 1 saturated heterocycles. The number of likely N-dealkylation sites (N-methyl/N-ethyl adjacent to an activating group) is 1. The number of amides is 1. The van der Waals surface area contributed by atoms with E-state index in [0.717, 1.165) is 5.69 Å². The Morgan fingerprint density at radius 1 is 1.11 bits per heavy atom. The topological polar surface area (TPSA) is 88.5 Å². The van der Waals surface area contributed by atoms with Gasteiger partial charge in [-0.25, -0.2) is 0 Å². The molecule has 0 saturated carbocycles. The van der Waals surface area contributed by atoms with Crippen molar-refractivity contribution in [3.8, 4) is 17.2 Å². The number of rotatable bonds is 6. The molecule has 0 aromatic heterocycles. The average molecular weight is 535 g/mol. The van der Waals surface area contributed by atoms with Crippen molar-refractivity contribution in [3.05, 3.63) is 82.4 Å². The van der Waals surface area contributed by atoms with Crippen LogP contribution in [-0.4, -0.2) is 50.7 Å². The maximum absolute atomic E-state index is 13.5. The van der Waals surface area contributed by atoms with Crippen LogP contribution < -0.4 is 24.0 Å². The first-order chi connectivity index (χ1) is 18.3. The first-order valence-electron chi connectivity index (χ1n) is 12.2. The molecule has 38 heavy (non-hydrogen) atoms. The third kappa shape index (κ3) is 4.41. The van der Waals surface area contributed by atoms with Crippen LogP contribution in [0.1, 0.15) is 24.1 Å². The lowest BCUT2D eigenvalue weighted by Gasteiger charge is -2.28. The van der Waals surface area contributed by atoms with Crippen molar-refractivity contribution in [3.63, 3.8) is 0 Å². The molecular formula is C29H27ClN2O6. The third-order valence-corrected chi connectivity index (χ3v) is 6.90. The van der Waals surface area contributed by atoms with Crippen LogP contribution in [0.3, 0.4) is 0 Å². The highest BCUT2D eigenvalue weighted by Crippen LogP contribution is 2.45. The largest absolute Gasteiger partial charge is 0.507 e. The molecule has 1 fully saturated rings. The molecule has 1 amide bonds. The summed E-state index contributed by atoms with van der Waals surface area (Å²) in [5, 5.41) is 12.0. The van der Waals surface area contributed by atoms with Gasteiger partial charge in [0.25, 0.3) is 11.7 Å². The van der Waals surface area contributed by atoms with Crippen LogP contribution in [0.2, 0.25) is 5.02 Å². The fourth-order valence-electron chi connectivity index (χ4n) is 4.83. The third-order valence-electron chi connectivity index (χ3n) is 6.66. The summed E-state index contributed by atoms with van der Waals surface area (Å²) in [4.78, 5) is 30.4. The van der Waals surface area contributed by atoms with Crippen LogP contribution in [0, 0.1) is 0 Å². The Morgan fingerprint density at radius 2 is 1.92 bits per heavy atom. The molecule has 3 aromatic carbocycles. The standard InChI is InChI=1S/C29H27ClN2O6/c1-4-37-24-15-17(8-11-23(24)36-3)26-25(28(34)29(35)32(26)20-7-5-6-19(30)16-20)27(33)18-9-10-22-21(14-18)31(2)12-13-38-22/h5-11,14-16,26,33H,4,12-13H2,1-3H3/b27-25+. The Balaban J connectivity index is 1.72. The minimum absolute atomic E-state index is 0.0399. The highest BCUT2D eigenvalue weighted by molar-refractivity contribution is 6.51. The van der Waals surface area contributed by atoms with Gasteiger partial charge in [0.1, 0.15) is 18.1 Å². The van der Waals surface area contributed by atoms with Crippen molar-refractivity contribution >= 4 is 40.4 Å². The zero-order chi connectivity index (χ0) is 27.0. The van der Waals surface area contributed by atoms with Gasteiger partial charge < -0.3 is 24.2 Å². The van der Waals surface area contributed by atoms with E-state index in [1.54, 1.807) is 60.7 Å². The highest BCUT2D eigenvalue weighted by Gasteiger charge is 2.47. The molecule has 8 nitrogen and oxygen atoms in total.